The molecule has 27 heavy (non-hydrogen) atoms. The number of carbonyl (C=O) groups is 1. The second-order valence-corrected chi connectivity index (χ2v) is 8.07. The lowest BCUT2D eigenvalue weighted by molar-refractivity contribution is 0.0279. The van der Waals surface area contributed by atoms with E-state index >= 15 is 0 Å². The fraction of sp³-hybridized carbons (Fsp3) is 0.895. The van der Waals surface area contributed by atoms with E-state index in [0.717, 1.165) is 51.9 Å². The molecule has 0 radical (unpaired) electrons. The summed E-state index contributed by atoms with van der Waals surface area (Å²) in [6.45, 7) is 17.2. The van der Waals surface area contributed by atoms with E-state index in [2.05, 4.69) is 34.4 Å². The number of hydrogen-bond donors (Lipinski definition) is 2. The number of nitrogens with zero attached hydrogens (tertiary/aromatic N) is 3. The molecule has 8 nitrogen and oxygen atoms in total. The summed E-state index contributed by atoms with van der Waals surface area (Å²) >= 11 is 0. The molecule has 1 saturated heterocycles. The topological polar surface area (TPSA) is 78.4 Å². The molecule has 0 aromatic carbocycles. The van der Waals surface area contributed by atoms with Gasteiger partial charge in [-0.1, -0.05) is 6.92 Å². The van der Waals surface area contributed by atoms with E-state index in [1.807, 2.05) is 20.8 Å². The third-order valence-corrected chi connectivity index (χ3v) is 4.02. The average Bonchev–Trinajstić information content (AvgIpc) is 2.59. The number of ether oxygens (including phenoxy) is 2. The van der Waals surface area contributed by atoms with Crippen LogP contribution in [-0.4, -0.2) is 93.5 Å². The van der Waals surface area contributed by atoms with Crippen LogP contribution in [0.1, 0.15) is 34.6 Å². The minimum absolute atomic E-state index is 0.234. The molecule has 1 unspecified atom stereocenters. The zero-order chi connectivity index (χ0) is 20.3. The Balaban J connectivity index is 2.37. The van der Waals surface area contributed by atoms with Gasteiger partial charge in [-0.15, -0.1) is 0 Å². The third kappa shape index (κ3) is 11.0. The van der Waals surface area contributed by atoms with Gasteiger partial charge in [0.05, 0.1) is 13.2 Å². The van der Waals surface area contributed by atoms with Gasteiger partial charge in [0, 0.05) is 52.9 Å². The van der Waals surface area contributed by atoms with Crippen LogP contribution < -0.4 is 10.6 Å². The van der Waals surface area contributed by atoms with Crippen molar-refractivity contribution in [1.82, 2.24) is 20.4 Å². The molecule has 1 atom stereocenters. The Hall–Kier alpha value is -1.54. The summed E-state index contributed by atoms with van der Waals surface area (Å²) in [5.41, 5.74) is -0.477. The van der Waals surface area contributed by atoms with Gasteiger partial charge in [0.25, 0.3) is 0 Å². The summed E-state index contributed by atoms with van der Waals surface area (Å²) in [4.78, 5) is 20.7. The molecule has 1 aliphatic heterocycles. The monoisotopic (exact) mass is 385 g/mol. The lowest BCUT2D eigenvalue weighted by atomic mass is 10.2. The Kier molecular flexibility index (Phi) is 10.5. The maximum atomic E-state index is 12.1. The first-order valence-corrected chi connectivity index (χ1v) is 9.97. The van der Waals surface area contributed by atoms with Gasteiger partial charge < -0.3 is 25.0 Å². The molecular formula is C19H39N5O3. The van der Waals surface area contributed by atoms with E-state index in [0.29, 0.717) is 13.1 Å². The minimum Gasteiger partial charge on any atom is -0.444 e. The van der Waals surface area contributed by atoms with Crippen molar-refractivity contribution in [3.05, 3.63) is 0 Å². The van der Waals surface area contributed by atoms with Crippen LogP contribution in [0.15, 0.2) is 4.99 Å². The van der Waals surface area contributed by atoms with Gasteiger partial charge >= 0.3 is 6.09 Å². The maximum absolute atomic E-state index is 12.1. The molecule has 0 saturated carbocycles. The molecule has 1 fully saturated rings. The highest BCUT2D eigenvalue weighted by atomic mass is 16.6. The minimum atomic E-state index is -0.477. The Morgan fingerprint density at radius 3 is 2.56 bits per heavy atom. The molecule has 2 N–H and O–H groups in total. The maximum Gasteiger partial charge on any atom is 0.410 e. The molecule has 0 aliphatic carbocycles. The molecular weight excluding hydrogens is 346 g/mol. The average molecular weight is 386 g/mol. The SMILES string of the molecule is CCNC(=NCC(C)CN(C)C(=O)OC(C)(C)C)NCCN1CCOCC1. The Labute approximate surface area is 164 Å². The number of hydrogen-bond acceptors (Lipinski definition) is 5. The molecule has 158 valence electrons. The fourth-order valence-corrected chi connectivity index (χ4v) is 2.69. The zero-order valence-corrected chi connectivity index (χ0v) is 18.0. The molecule has 1 aliphatic rings. The highest BCUT2D eigenvalue weighted by Crippen LogP contribution is 2.10. The molecule has 0 aromatic heterocycles. The first-order chi connectivity index (χ1) is 12.7. The Bertz CT molecular complexity index is 459. The Morgan fingerprint density at radius 1 is 1.30 bits per heavy atom. The molecule has 1 rings (SSSR count). The normalized spacial score (nSPS) is 17.3. The van der Waals surface area contributed by atoms with Gasteiger partial charge in [-0.3, -0.25) is 9.89 Å². The number of amides is 1. The summed E-state index contributed by atoms with van der Waals surface area (Å²) in [7, 11) is 1.76. The molecule has 0 spiro atoms. The van der Waals surface area contributed by atoms with Gasteiger partial charge in [0.2, 0.25) is 0 Å². The van der Waals surface area contributed by atoms with E-state index in [1.54, 1.807) is 11.9 Å². The second kappa shape index (κ2) is 12.0. The van der Waals surface area contributed by atoms with Gasteiger partial charge in [0.1, 0.15) is 5.60 Å². The van der Waals surface area contributed by atoms with Crippen molar-refractivity contribution in [1.29, 1.82) is 0 Å². The first-order valence-electron chi connectivity index (χ1n) is 9.97. The number of nitrogens with one attached hydrogen (secondary N) is 2. The lowest BCUT2D eigenvalue weighted by Crippen LogP contribution is -2.44. The molecule has 0 aromatic rings. The fourth-order valence-electron chi connectivity index (χ4n) is 2.69. The van der Waals surface area contributed by atoms with Crippen molar-refractivity contribution in [2.45, 2.75) is 40.2 Å². The molecule has 1 heterocycles. The summed E-state index contributed by atoms with van der Waals surface area (Å²) < 4.78 is 10.8. The second-order valence-electron chi connectivity index (χ2n) is 8.07. The number of guanidine groups is 1. The third-order valence-electron chi connectivity index (χ3n) is 4.02. The Morgan fingerprint density at radius 2 is 1.96 bits per heavy atom. The van der Waals surface area contributed by atoms with Crippen LogP contribution in [0.5, 0.6) is 0 Å². The van der Waals surface area contributed by atoms with Crippen LogP contribution in [0.2, 0.25) is 0 Å². The zero-order valence-electron chi connectivity index (χ0n) is 18.0. The van der Waals surface area contributed by atoms with E-state index in [9.17, 15) is 4.79 Å². The lowest BCUT2D eigenvalue weighted by Gasteiger charge is -2.27. The summed E-state index contributed by atoms with van der Waals surface area (Å²) in [5, 5.41) is 6.65. The number of aliphatic imine (C=N–C) groups is 1. The van der Waals surface area contributed by atoms with Crippen LogP contribution >= 0.6 is 0 Å². The van der Waals surface area contributed by atoms with E-state index in [-0.39, 0.29) is 12.0 Å². The van der Waals surface area contributed by atoms with Gasteiger partial charge in [-0.2, -0.15) is 0 Å². The van der Waals surface area contributed by atoms with Gasteiger partial charge in [-0.25, -0.2) is 4.79 Å². The summed E-state index contributed by atoms with van der Waals surface area (Å²) in [6, 6.07) is 0. The van der Waals surface area contributed by atoms with Crippen LogP contribution in [0, 0.1) is 5.92 Å². The van der Waals surface area contributed by atoms with Crippen molar-refractivity contribution < 1.29 is 14.3 Å². The van der Waals surface area contributed by atoms with Crippen molar-refractivity contribution >= 4 is 12.1 Å². The first kappa shape index (κ1) is 23.5. The van der Waals surface area contributed by atoms with Crippen LogP contribution in [0.3, 0.4) is 0 Å². The van der Waals surface area contributed by atoms with Gasteiger partial charge in [-0.05, 0) is 33.6 Å². The van der Waals surface area contributed by atoms with Crippen molar-refractivity contribution in [3.8, 4) is 0 Å². The predicted molar refractivity (Wildman–Crippen MR) is 109 cm³/mol. The summed E-state index contributed by atoms with van der Waals surface area (Å²) in [5.74, 6) is 1.05. The highest BCUT2D eigenvalue weighted by molar-refractivity contribution is 5.79. The van der Waals surface area contributed by atoms with Crippen LogP contribution in [-0.2, 0) is 9.47 Å². The van der Waals surface area contributed by atoms with E-state index in [1.165, 1.54) is 0 Å². The van der Waals surface area contributed by atoms with Gasteiger partial charge in [0.15, 0.2) is 5.96 Å². The standard InChI is InChI=1S/C19H39N5O3/c1-7-20-17(21-8-9-24-10-12-26-13-11-24)22-14-16(2)15-23(6)18(25)27-19(3,4)5/h16H,7-15H2,1-6H3,(H2,20,21,22). The predicted octanol–water partition coefficient (Wildman–Crippen LogP) is 1.38. The molecule has 8 heteroatoms. The van der Waals surface area contributed by atoms with Crippen LogP contribution in [0.25, 0.3) is 0 Å². The smallest absolute Gasteiger partial charge is 0.410 e. The number of morpholine rings is 1. The number of carbonyl (C=O) groups excluding carboxylic acids is 1. The van der Waals surface area contributed by atoms with Crippen molar-refractivity contribution in [2.24, 2.45) is 10.9 Å². The quantitative estimate of drug-likeness (QED) is 0.485. The van der Waals surface area contributed by atoms with Crippen LogP contribution in [0.4, 0.5) is 4.79 Å². The van der Waals surface area contributed by atoms with Crippen molar-refractivity contribution in [3.63, 3.8) is 0 Å². The number of rotatable bonds is 8. The van der Waals surface area contributed by atoms with E-state index < -0.39 is 5.60 Å². The summed E-state index contributed by atoms with van der Waals surface area (Å²) in [6.07, 6.45) is -0.297. The molecule has 1 amide bonds. The molecule has 0 bridgehead atoms. The highest BCUT2D eigenvalue weighted by Gasteiger charge is 2.20. The van der Waals surface area contributed by atoms with Crippen molar-refractivity contribution in [2.75, 3.05) is 66.1 Å². The van der Waals surface area contributed by atoms with E-state index in [4.69, 9.17) is 9.47 Å². The largest absolute Gasteiger partial charge is 0.444 e.